The Morgan fingerprint density at radius 1 is 1.19 bits per heavy atom. The number of methoxy groups -OCH3 is 1. The van der Waals surface area contributed by atoms with E-state index in [0.29, 0.717) is 32.1 Å². The van der Waals surface area contributed by atoms with Crippen molar-refractivity contribution in [2.45, 2.75) is 31.8 Å². The van der Waals surface area contributed by atoms with E-state index in [0.717, 1.165) is 32.3 Å². The molecule has 0 radical (unpaired) electrons. The lowest BCUT2D eigenvalue weighted by Crippen LogP contribution is -2.44. The number of hydrogen-bond donors (Lipinski definition) is 2. The summed E-state index contributed by atoms with van der Waals surface area (Å²) in [4.78, 5) is 24.8. The first-order valence-corrected chi connectivity index (χ1v) is 7.65. The number of rotatable bonds is 4. The number of carbonyl (C=O) groups excluding carboxylic acids is 2. The highest BCUT2D eigenvalue weighted by molar-refractivity contribution is 5.73. The van der Waals surface area contributed by atoms with Gasteiger partial charge in [-0.3, -0.25) is 0 Å². The van der Waals surface area contributed by atoms with Crippen LogP contribution >= 0.6 is 0 Å². The van der Waals surface area contributed by atoms with Gasteiger partial charge in [-0.2, -0.15) is 0 Å². The van der Waals surface area contributed by atoms with Gasteiger partial charge in [0.25, 0.3) is 0 Å². The standard InChI is InChI=1S/C14H25N3O4/c1-20-14(19)17-6-4-11(5-7-17)9-15-13(18)16-10-12-3-2-8-21-12/h11-12H,2-10H2,1H3,(H2,15,16,18)/t12-/m1/s1. The van der Waals surface area contributed by atoms with Crippen molar-refractivity contribution in [1.82, 2.24) is 15.5 Å². The minimum Gasteiger partial charge on any atom is -0.453 e. The average Bonchev–Trinajstić information content (AvgIpc) is 3.04. The molecule has 0 aromatic carbocycles. The number of ether oxygens (including phenoxy) is 2. The molecular formula is C14H25N3O4. The zero-order valence-corrected chi connectivity index (χ0v) is 12.6. The Morgan fingerprint density at radius 2 is 1.90 bits per heavy atom. The molecule has 2 aliphatic rings. The van der Waals surface area contributed by atoms with Crippen molar-refractivity contribution in [2.24, 2.45) is 5.92 Å². The van der Waals surface area contributed by atoms with Gasteiger partial charge in [0.1, 0.15) is 0 Å². The normalized spacial score (nSPS) is 22.9. The summed E-state index contributed by atoms with van der Waals surface area (Å²) in [5.74, 6) is 0.416. The molecule has 3 amide bonds. The van der Waals surface area contributed by atoms with Crippen LogP contribution in [-0.4, -0.2) is 63.0 Å². The number of piperidine rings is 1. The predicted octanol–water partition coefficient (Wildman–Crippen LogP) is 0.943. The second kappa shape index (κ2) is 8.07. The maximum absolute atomic E-state index is 11.7. The summed E-state index contributed by atoms with van der Waals surface area (Å²) in [6, 6.07) is -0.138. The summed E-state index contributed by atoms with van der Waals surface area (Å²) >= 11 is 0. The van der Waals surface area contributed by atoms with Crippen LogP contribution in [0.5, 0.6) is 0 Å². The van der Waals surface area contributed by atoms with Crippen LogP contribution in [-0.2, 0) is 9.47 Å². The van der Waals surface area contributed by atoms with Gasteiger partial charge in [0, 0.05) is 32.8 Å². The number of nitrogens with one attached hydrogen (secondary N) is 2. The number of amides is 3. The van der Waals surface area contributed by atoms with Gasteiger partial charge in [0.2, 0.25) is 0 Å². The molecule has 2 saturated heterocycles. The Balaban J connectivity index is 1.56. The van der Waals surface area contributed by atoms with Gasteiger partial charge in [-0.15, -0.1) is 0 Å². The van der Waals surface area contributed by atoms with Crippen molar-refractivity contribution < 1.29 is 19.1 Å². The van der Waals surface area contributed by atoms with Crippen LogP contribution in [0.2, 0.25) is 0 Å². The molecule has 0 unspecified atom stereocenters. The lowest BCUT2D eigenvalue weighted by Gasteiger charge is -2.30. The molecule has 0 saturated carbocycles. The van der Waals surface area contributed by atoms with Gasteiger partial charge in [0.05, 0.1) is 13.2 Å². The highest BCUT2D eigenvalue weighted by atomic mass is 16.5. The van der Waals surface area contributed by atoms with Crippen LogP contribution in [0.4, 0.5) is 9.59 Å². The van der Waals surface area contributed by atoms with Crippen LogP contribution < -0.4 is 10.6 Å². The van der Waals surface area contributed by atoms with E-state index < -0.39 is 0 Å². The third-order valence-corrected chi connectivity index (χ3v) is 4.11. The van der Waals surface area contributed by atoms with Gasteiger partial charge in [0.15, 0.2) is 0 Å². The van der Waals surface area contributed by atoms with E-state index in [9.17, 15) is 9.59 Å². The molecule has 2 aliphatic heterocycles. The fourth-order valence-electron chi connectivity index (χ4n) is 2.76. The monoisotopic (exact) mass is 299 g/mol. The van der Waals surface area contributed by atoms with Crippen molar-refractivity contribution in [3.05, 3.63) is 0 Å². The second-order valence-electron chi connectivity index (χ2n) is 5.63. The summed E-state index contributed by atoms with van der Waals surface area (Å²) in [5.41, 5.74) is 0. The van der Waals surface area contributed by atoms with Crippen molar-refractivity contribution in [2.75, 3.05) is 39.9 Å². The molecule has 2 rings (SSSR count). The molecule has 0 aromatic heterocycles. The molecule has 2 fully saturated rings. The molecule has 7 nitrogen and oxygen atoms in total. The van der Waals surface area contributed by atoms with Crippen molar-refractivity contribution in [1.29, 1.82) is 0 Å². The molecule has 0 spiro atoms. The summed E-state index contributed by atoms with van der Waals surface area (Å²) in [6.07, 6.45) is 3.77. The zero-order chi connectivity index (χ0) is 15.1. The Bertz CT molecular complexity index is 350. The smallest absolute Gasteiger partial charge is 0.409 e. The number of nitrogens with zero attached hydrogens (tertiary/aromatic N) is 1. The van der Waals surface area contributed by atoms with Gasteiger partial charge in [-0.25, -0.2) is 9.59 Å². The number of urea groups is 1. The summed E-state index contributed by atoms with van der Waals surface area (Å²) in [7, 11) is 1.40. The topological polar surface area (TPSA) is 79.9 Å². The molecule has 7 heteroatoms. The first-order valence-electron chi connectivity index (χ1n) is 7.65. The second-order valence-corrected chi connectivity index (χ2v) is 5.63. The maximum Gasteiger partial charge on any atom is 0.409 e. The summed E-state index contributed by atoms with van der Waals surface area (Å²) in [5, 5.41) is 5.73. The Morgan fingerprint density at radius 3 is 2.52 bits per heavy atom. The van der Waals surface area contributed by atoms with Gasteiger partial charge < -0.3 is 25.0 Å². The van der Waals surface area contributed by atoms with Gasteiger partial charge >= 0.3 is 12.1 Å². The molecule has 1 atom stereocenters. The molecule has 21 heavy (non-hydrogen) atoms. The Hall–Kier alpha value is -1.50. The van der Waals surface area contributed by atoms with Gasteiger partial charge in [-0.1, -0.05) is 0 Å². The molecule has 2 N–H and O–H groups in total. The number of hydrogen-bond acceptors (Lipinski definition) is 4. The molecular weight excluding hydrogens is 274 g/mol. The predicted molar refractivity (Wildman–Crippen MR) is 77.1 cm³/mol. The molecule has 0 aliphatic carbocycles. The van der Waals surface area contributed by atoms with E-state index in [1.165, 1.54) is 7.11 Å². The number of likely N-dealkylation sites (tertiary alicyclic amines) is 1. The summed E-state index contributed by atoms with van der Waals surface area (Å²) < 4.78 is 10.2. The van der Waals surface area contributed by atoms with Crippen LogP contribution in [0.15, 0.2) is 0 Å². The van der Waals surface area contributed by atoms with Crippen LogP contribution in [0.1, 0.15) is 25.7 Å². The fraction of sp³-hybridized carbons (Fsp3) is 0.857. The zero-order valence-electron chi connectivity index (χ0n) is 12.6. The van der Waals surface area contributed by atoms with Crippen LogP contribution in [0.25, 0.3) is 0 Å². The average molecular weight is 299 g/mol. The lowest BCUT2D eigenvalue weighted by atomic mass is 9.97. The quantitative estimate of drug-likeness (QED) is 0.810. The van der Waals surface area contributed by atoms with Crippen molar-refractivity contribution in [3.63, 3.8) is 0 Å². The molecule has 2 heterocycles. The third kappa shape index (κ3) is 5.08. The van der Waals surface area contributed by atoms with E-state index >= 15 is 0 Å². The lowest BCUT2D eigenvalue weighted by molar-refractivity contribution is 0.105. The minimum absolute atomic E-state index is 0.138. The number of carbonyl (C=O) groups is 2. The maximum atomic E-state index is 11.7. The fourth-order valence-corrected chi connectivity index (χ4v) is 2.76. The van der Waals surface area contributed by atoms with E-state index in [1.807, 2.05) is 0 Å². The van der Waals surface area contributed by atoms with E-state index in [-0.39, 0.29) is 18.2 Å². The molecule has 0 aromatic rings. The highest BCUT2D eigenvalue weighted by Crippen LogP contribution is 2.16. The van der Waals surface area contributed by atoms with Crippen LogP contribution in [0, 0.1) is 5.92 Å². The first kappa shape index (κ1) is 15.9. The SMILES string of the molecule is COC(=O)N1CCC(CNC(=O)NC[C@H]2CCCO2)CC1. The van der Waals surface area contributed by atoms with E-state index in [2.05, 4.69) is 10.6 Å². The van der Waals surface area contributed by atoms with Crippen LogP contribution in [0.3, 0.4) is 0 Å². The largest absolute Gasteiger partial charge is 0.453 e. The summed E-state index contributed by atoms with van der Waals surface area (Å²) in [6.45, 7) is 3.40. The third-order valence-electron chi connectivity index (χ3n) is 4.11. The highest BCUT2D eigenvalue weighted by Gasteiger charge is 2.23. The molecule has 120 valence electrons. The van der Waals surface area contributed by atoms with E-state index in [1.54, 1.807) is 4.90 Å². The van der Waals surface area contributed by atoms with E-state index in [4.69, 9.17) is 9.47 Å². The molecule has 0 bridgehead atoms. The Kier molecular flexibility index (Phi) is 6.10. The Labute approximate surface area is 125 Å². The first-order chi connectivity index (χ1) is 10.2. The van der Waals surface area contributed by atoms with Crippen molar-refractivity contribution >= 4 is 12.1 Å². The minimum atomic E-state index is -0.268. The van der Waals surface area contributed by atoms with Gasteiger partial charge in [-0.05, 0) is 31.6 Å². The van der Waals surface area contributed by atoms with Crippen molar-refractivity contribution in [3.8, 4) is 0 Å².